The molecule has 2 aromatic rings. The van der Waals surface area contributed by atoms with Crippen LogP contribution in [0.25, 0.3) is 10.9 Å². The number of H-pyrrole nitrogens is 1. The van der Waals surface area contributed by atoms with Crippen molar-refractivity contribution in [2.75, 3.05) is 19.6 Å². The number of fused-ring (bicyclic) bond motifs is 1. The highest BCUT2D eigenvalue weighted by molar-refractivity contribution is 6.41. The van der Waals surface area contributed by atoms with Crippen LogP contribution in [0, 0.1) is 35.5 Å². The zero-order chi connectivity index (χ0) is 69.9. The molecule has 28 nitrogen and oxygen atoms in total. The molecule has 1 aromatic carbocycles. The number of benzene rings is 1. The van der Waals surface area contributed by atoms with Gasteiger partial charge >= 0.3 is 0 Å². The molecular formula is C65H96N14O14. The fourth-order valence-corrected chi connectivity index (χ4v) is 9.84. The number of primary amides is 2. The average Bonchev–Trinajstić information content (AvgIpc) is 1.83. The second-order valence-corrected chi connectivity index (χ2v) is 24.8. The van der Waals surface area contributed by atoms with Crippen molar-refractivity contribution in [1.29, 1.82) is 0 Å². The molecule has 0 saturated carbocycles. The monoisotopic (exact) mass is 1300 g/mol. The Morgan fingerprint density at radius 3 is 1.83 bits per heavy atom. The topological polar surface area (TPSA) is 439 Å². The minimum absolute atomic E-state index is 0.0332. The number of hydrogen-bond donors (Lipinski definition) is 14. The van der Waals surface area contributed by atoms with Gasteiger partial charge in [0.1, 0.15) is 29.4 Å². The Morgan fingerprint density at radius 1 is 0.667 bits per heavy atom. The Balaban J connectivity index is 1.92. The van der Waals surface area contributed by atoms with Gasteiger partial charge in [-0.05, 0) is 144 Å². The molecule has 1 aliphatic rings. The van der Waals surface area contributed by atoms with Crippen molar-refractivity contribution in [3.63, 3.8) is 0 Å². The second-order valence-electron chi connectivity index (χ2n) is 24.8. The highest BCUT2D eigenvalue weighted by Gasteiger charge is 2.40. The Bertz CT molecular complexity index is 3200. The third-order valence-electron chi connectivity index (χ3n) is 15.9. The van der Waals surface area contributed by atoms with Crippen LogP contribution >= 0.6 is 0 Å². The predicted octanol–water partition coefficient (Wildman–Crippen LogP) is -1.16. The molecule has 3 unspecified atom stereocenters. The van der Waals surface area contributed by atoms with Crippen molar-refractivity contribution in [3.05, 3.63) is 36.0 Å². The summed E-state index contributed by atoms with van der Waals surface area (Å²) in [5.41, 5.74) is 14.3. The maximum Gasteiger partial charge on any atom is 0.246 e. The van der Waals surface area contributed by atoms with Crippen LogP contribution in [0.3, 0.4) is 0 Å². The zero-order valence-electron chi connectivity index (χ0n) is 55.5. The van der Waals surface area contributed by atoms with E-state index in [0.717, 1.165) is 10.9 Å². The predicted molar refractivity (Wildman–Crippen MR) is 346 cm³/mol. The number of hydrogen-bond acceptors (Lipinski definition) is 19. The second kappa shape index (κ2) is 37.8. The van der Waals surface area contributed by atoms with E-state index in [0.29, 0.717) is 31.2 Å². The maximum atomic E-state index is 14.6. The van der Waals surface area contributed by atoms with Gasteiger partial charge in [0, 0.05) is 42.9 Å². The number of para-hydroxylation sites is 1. The third kappa shape index (κ3) is 25.8. The molecule has 0 fully saturated rings. The van der Waals surface area contributed by atoms with Crippen molar-refractivity contribution in [1.82, 2.24) is 63.7 Å². The van der Waals surface area contributed by atoms with Gasteiger partial charge in [0.25, 0.3) is 0 Å². The number of carbonyl (C=O) groups excluding carboxylic acids is 14. The fourth-order valence-electron chi connectivity index (χ4n) is 9.84. The van der Waals surface area contributed by atoms with Gasteiger partial charge in [-0.15, -0.1) is 0 Å². The molecule has 2 heterocycles. The highest BCUT2D eigenvalue weighted by atomic mass is 16.2. The van der Waals surface area contributed by atoms with E-state index in [4.69, 9.17) is 11.5 Å². The summed E-state index contributed by atoms with van der Waals surface area (Å²) in [5.74, 6) is -0.240. The first-order valence-electron chi connectivity index (χ1n) is 31.5. The smallest absolute Gasteiger partial charge is 0.246 e. The summed E-state index contributed by atoms with van der Waals surface area (Å²) in [7, 11) is 0. The number of aromatic amines is 1. The van der Waals surface area contributed by atoms with E-state index in [2.05, 4.69) is 87.4 Å². The third-order valence-corrected chi connectivity index (χ3v) is 15.9. The van der Waals surface area contributed by atoms with E-state index in [1.807, 2.05) is 38.1 Å². The molecule has 8 amide bonds. The SMILES string of the molecule is CC(=O)CN[C@]1(C)CCCCC#CC#CCCC[C@@](C)(C(=O)NC(C)C(=O)N[C@@H](C)C(=O)NC(C)C(=O)N[C@@H](C)C(=O)C(=O)[C@H](C)NN[C@H](C)C(N)=O)NC(=O)[C@H](CC(C)C)CN[C@@H](CCC(N)=O)C(=O)C(=O)C(C)NC(=O)[C@H](Cc2c[nH]c3ccccc23)NCC1=O. The first-order valence-corrected chi connectivity index (χ1v) is 31.5. The molecule has 0 spiro atoms. The summed E-state index contributed by atoms with van der Waals surface area (Å²) < 4.78 is 0. The summed E-state index contributed by atoms with van der Waals surface area (Å²) in [6.07, 6.45) is 3.51. The molecular weight excluding hydrogens is 1200 g/mol. The number of ketones is 6. The van der Waals surface area contributed by atoms with Crippen LogP contribution in [-0.4, -0.2) is 172 Å². The van der Waals surface area contributed by atoms with Crippen LogP contribution in [0.15, 0.2) is 30.5 Å². The van der Waals surface area contributed by atoms with Gasteiger partial charge in [0.15, 0.2) is 5.78 Å². The first kappa shape index (κ1) is 78.7. The molecule has 510 valence electrons. The van der Waals surface area contributed by atoms with E-state index in [1.165, 1.54) is 62.3 Å². The molecule has 93 heavy (non-hydrogen) atoms. The van der Waals surface area contributed by atoms with Gasteiger partial charge in [-0.3, -0.25) is 77.8 Å². The van der Waals surface area contributed by atoms with Crippen LogP contribution in [0.1, 0.15) is 153 Å². The van der Waals surface area contributed by atoms with Crippen LogP contribution in [0.2, 0.25) is 0 Å². The van der Waals surface area contributed by atoms with Gasteiger partial charge < -0.3 is 53.7 Å². The van der Waals surface area contributed by atoms with Crippen molar-refractivity contribution in [2.24, 2.45) is 23.3 Å². The molecule has 3 rings (SSSR count). The Morgan fingerprint density at radius 2 is 1.24 bits per heavy atom. The van der Waals surface area contributed by atoms with E-state index in [9.17, 15) is 67.1 Å². The molecule has 28 heteroatoms. The number of Topliss-reactive ketones (excluding diaryl/α,β-unsaturated/α-hetero) is 6. The molecule has 0 aliphatic carbocycles. The van der Waals surface area contributed by atoms with Crippen LogP contribution in [0.4, 0.5) is 0 Å². The van der Waals surface area contributed by atoms with Gasteiger partial charge in [0.2, 0.25) is 70.4 Å². The van der Waals surface area contributed by atoms with Gasteiger partial charge in [-0.2, -0.15) is 0 Å². The summed E-state index contributed by atoms with van der Waals surface area (Å²) in [6.45, 7) is 16.9. The van der Waals surface area contributed by atoms with Crippen LogP contribution in [0.5, 0.6) is 0 Å². The van der Waals surface area contributed by atoms with Crippen molar-refractivity contribution in [2.45, 2.75) is 219 Å². The average molecular weight is 1300 g/mol. The van der Waals surface area contributed by atoms with Crippen LogP contribution in [-0.2, 0) is 73.5 Å². The minimum atomic E-state index is -1.75. The Labute approximate surface area is 543 Å². The molecule has 12 atom stereocenters. The molecule has 1 aromatic heterocycles. The van der Waals surface area contributed by atoms with Gasteiger partial charge in [-0.1, -0.05) is 50.3 Å². The highest BCUT2D eigenvalue weighted by Crippen LogP contribution is 2.22. The van der Waals surface area contributed by atoms with Crippen molar-refractivity contribution < 1.29 is 67.1 Å². The Hall–Kier alpha value is -8.54. The summed E-state index contributed by atoms with van der Waals surface area (Å²) in [4.78, 5) is 190. The lowest BCUT2D eigenvalue weighted by Gasteiger charge is -2.33. The number of aromatic nitrogens is 1. The standard InChI is InChI=1S/C65H96N14O14/c1-36(2)30-46-34-69-49(26-27-52(66)82)56(86)54(84)39(5)73-62(92)50(31-45-33-68-48-25-21-20-24-47(45)48)70-35-51(81)64(11,71-32-37(3)80)28-22-18-16-14-13-15-17-19-23-29-65(12,77-61(46)91)63(93)76-44(10)60(90)75-43(9)59(89)74-42(8)58(88)72-38(4)53(83)55(85)40(6)78-79-41(7)57(67)87/h20-21,24-25,33,36,38-44,46,49-50,68-71,78-79H,16,18-19,22-23,26-32,34-35H2,1-12H3,(H2,66,82)(H2,67,87)(H,72,88)(H,73,92)(H,74,89)(H,75,90)(H,76,93)(H,77,91)/t38-,39?,40-,41+,42?,43-,44?,46+,49-,50-,64+,65-/m0/s1. The van der Waals surface area contributed by atoms with Gasteiger partial charge in [0.05, 0.1) is 60.8 Å². The number of hydrazine groups is 1. The lowest BCUT2D eigenvalue weighted by molar-refractivity contribution is -0.140. The molecule has 1 aliphatic heterocycles. The normalized spacial score (nSPS) is 23.0. The summed E-state index contributed by atoms with van der Waals surface area (Å²) >= 11 is 0. The van der Waals surface area contributed by atoms with E-state index >= 15 is 0 Å². The lowest BCUT2D eigenvalue weighted by Crippen LogP contribution is -2.62. The molecule has 0 bridgehead atoms. The quantitative estimate of drug-likeness (QED) is 0.0317. The number of amides is 8. The van der Waals surface area contributed by atoms with E-state index in [1.54, 1.807) is 13.1 Å². The minimum Gasteiger partial charge on any atom is -0.370 e. The molecule has 0 radical (unpaired) electrons. The van der Waals surface area contributed by atoms with Crippen molar-refractivity contribution >= 4 is 92.9 Å². The van der Waals surface area contributed by atoms with Crippen LogP contribution < -0.4 is 70.2 Å². The largest absolute Gasteiger partial charge is 0.370 e. The van der Waals surface area contributed by atoms with Gasteiger partial charge in [-0.25, -0.2) is 10.9 Å². The zero-order valence-corrected chi connectivity index (χ0v) is 55.5. The first-order chi connectivity index (χ1) is 43.6. The molecule has 0 saturated heterocycles. The maximum absolute atomic E-state index is 14.6. The number of rotatable bonds is 25. The summed E-state index contributed by atoms with van der Waals surface area (Å²) in [5, 5.41) is 25.4. The number of nitrogens with two attached hydrogens (primary N) is 2. The molecule has 16 N–H and O–H groups in total. The van der Waals surface area contributed by atoms with Crippen molar-refractivity contribution in [3.8, 4) is 23.7 Å². The van der Waals surface area contributed by atoms with E-state index < -0.39 is 142 Å². The lowest BCUT2D eigenvalue weighted by atomic mass is 9.89. The Kier molecular flexibility index (Phi) is 32.0. The number of nitrogens with one attached hydrogen (secondary N) is 12. The summed E-state index contributed by atoms with van der Waals surface area (Å²) in [6, 6.07) is -3.77. The van der Waals surface area contributed by atoms with E-state index in [-0.39, 0.29) is 82.1 Å². The fraction of sp³-hybridized carbons (Fsp3) is 0.600. The number of carbonyl (C=O) groups is 14.